The maximum Gasteiger partial charge on any atom is 0.0329 e. The van der Waals surface area contributed by atoms with Crippen molar-refractivity contribution >= 4 is 0 Å². The Morgan fingerprint density at radius 3 is 2.62 bits per heavy atom. The normalized spacial score (nSPS) is 23.3. The maximum absolute atomic E-state index is 5.63. The number of nitrogens with zero attached hydrogens (tertiary/aromatic N) is 1. The van der Waals surface area contributed by atoms with Gasteiger partial charge in [0.15, 0.2) is 0 Å². The van der Waals surface area contributed by atoms with E-state index < -0.39 is 0 Å². The van der Waals surface area contributed by atoms with Gasteiger partial charge >= 0.3 is 0 Å². The fraction of sp³-hybridized carbons (Fsp3) is 1.00. The third-order valence-electron chi connectivity index (χ3n) is 3.40. The molecule has 0 unspecified atom stereocenters. The Kier molecular flexibility index (Phi) is 4.16. The molecular weight excluding hydrogens is 162 g/mol. The predicted octanol–water partition coefficient (Wildman–Crippen LogP) is 0.409. The monoisotopic (exact) mass is 185 g/mol. The lowest BCUT2D eigenvalue weighted by Gasteiger charge is -2.47. The van der Waals surface area contributed by atoms with E-state index in [4.69, 9.17) is 5.73 Å². The summed E-state index contributed by atoms with van der Waals surface area (Å²) in [4.78, 5) is 2.56. The molecule has 3 N–H and O–H groups in total. The lowest BCUT2D eigenvalue weighted by atomic mass is 9.88. The van der Waals surface area contributed by atoms with E-state index in [1.165, 1.54) is 12.8 Å². The smallest absolute Gasteiger partial charge is 0.0329 e. The first kappa shape index (κ1) is 11.0. The molecule has 3 heteroatoms. The van der Waals surface area contributed by atoms with E-state index in [0.717, 1.165) is 32.7 Å². The molecule has 0 amide bonds. The molecule has 0 aromatic rings. The van der Waals surface area contributed by atoms with Crippen molar-refractivity contribution in [1.82, 2.24) is 10.2 Å². The van der Waals surface area contributed by atoms with Crippen LogP contribution in [0.5, 0.6) is 0 Å². The van der Waals surface area contributed by atoms with Crippen molar-refractivity contribution in [3.05, 3.63) is 0 Å². The molecule has 0 aromatic carbocycles. The zero-order valence-electron chi connectivity index (χ0n) is 8.97. The number of rotatable bonds is 4. The molecule has 78 valence electrons. The third-order valence-corrected chi connectivity index (χ3v) is 3.40. The molecule has 0 atom stereocenters. The van der Waals surface area contributed by atoms with Crippen molar-refractivity contribution in [2.75, 3.05) is 32.7 Å². The van der Waals surface area contributed by atoms with Crippen LogP contribution in [0.25, 0.3) is 0 Å². The van der Waals surface area contributed by atoms with E-state index in [2.05, 4.69) is 24.1 Å². The highest BCUT2D eigenvalue weighted by Crippen LogP contribution is 2.24. The summed E-state index contributed by atoms with van der Waals surface area (Å²) in [6.45, 7) is 9.77. The summed E-state index contributed by atoms with van der Waals surface area (Å²) < 4.78 is 0. The van der Waals surface area contributed by atoms with Crippen molar-refractivity contribution in [2.45, 2.75) is 32.2 Å². The molecule has 13 heavy (non-hydrogen) atoms. The van der Waals surface area contributed by atoms with Gasteiger partial charge in [-0.3, -0.25) is 4.90 Å². The number of nitrogens with one attached hydrogen (secondary N) is 1. The van der Waals surface area contributed by atoms with Crippen LogP contribution in [0, 0.1) is 0 Å². The van der Waals surface area contributed by atoms with Crippen molar-refractivity contribution in [3.63, 3.8) is 0 Å². The highest BCUT2D eigenvalue weighted by molar-refractivity contribution is 4.94. The molecule has 0 saturated carbocycles. The van der Waals surface area contributed by atoms with Gasteiger partial charge in [0, 0.05) is 38.3 Å². The average molecular weight is 185 g/mol. The summed E-state index contributed by atoms with van der Waals surface area (Å²) in [6.07, 6.45) is 2.44. The largest absolute Gasteiger partial charge is 0.329 e. The number of hydrogen-bond acceptors (Lipinski definition) is 3. The molecule has 0 aliphatic carbocycles. The summed E-state index contributed by atoms with van der Waals surface area (Å²) in [5.41, 5.74) is 6.00. The van der Waals surface area contributed by atoms with Gasteiger partial charge in [0.1, 0.15) is 0 Å². The van der Waals surface area contributed by atoms with Crippen LogP contribution in [-0.4, -0.2) is 43.2 Å². The standard InChI is InChI=1S/C10H23N3/c1-3-10(4-2)9-12-6-8-13(10)7-5-11/h12H,3-9,11H2,1-2H3. The first-order valence-corrected chi connectivity index (χ1v) is 5.45. The van der Waals surface area contributed by atoms with Gasteiger partial charge in [0.25, 0.3) is 0 Å². The fourth-order valence-corrected chi connectivity index (χ4v) is 2.34. The molecule has 0 radical (unpaired) electrons. The van der Waals surface area contributed by atoms with Gasteiger partial charge in [-0.1, -0.05) is 13.8 Å². The van der Waals surface area contributed by atoms with Gasteiger partial charge in [-0.25, -0.2) is 0 Å². The van der Waals surface area contributed by atoms with Gasteiger partial charge in [-0.15, -0.1) is 0 Å². The number of hydrogen-bond donors (Lipinski definition) is 2. The summed E-state index contributed by atoms with van der Waals surface area (Å²) in [5, 5.41) is 3.48. The van der Waals surface area contributed by atoms with E-state index in [9.17, 15) is 0 Å². The average Bonchev–Trinajstić information content (AvgIpc) is 2.20. The molecule has 1 aliphatic rings. The Morgan fingerprint density at radius 1 is 1.38 bits per heavy atom. The van der Waals surface area contributed by atoms with Crippen LogP contribution in [0.2, 0.25) is 0 Å². The highest BCUT2D eigenvalue weighted by atomic mass is 15.3. The SMILES string of the molecule is CCC1(CC)CNCCN1CCN. The molecular formula is C10H23N3. The first-order chi connectivity index (χ1) is 6.29. The van der Waals surface area contributed by atoms with Crippen LogP contribution in [-0.2, 0) is 0 Å². The van der Waals surface area contributed by atoms with Gasteiger partial charge in [-0.2, -0.15) is 0 Å². The summed E-state index contributed by atoms with van der Waals surface area (Å²) in [6, 6.07) is 0. The first-order valence-electron chi connectivity index (χ1n) is 5.45. The van der Waals surface area contributed by atoms with Gasteiger partial charge in [0.2, 0.25) is 0 Å². The molecule has 1 aliphatic heterocycles. The molecule has 0 aromatic heterocycles. The van der Waals surface area contributed by atoms with Crippen LogP contribution < -0.4 is 11.1 Å². The van der Waals surface area contributed by atoms with Crippen LogP contribution in [0.1, 0.15) is 26.7 Å². The van der Waals surface area contributed by atoms with E-state index in [1.54, 1.807) is 0 Å². The van der Waals surface area contributed by atoms with Crippen LogP contribution in [0.3, 0.4) is 0 Å². The van der Waals surface area contributed by atoms with Crippen molar-refractivity contribution in [3.8, 4) is 0 Å². The molecule has 0 spiro atoms. The van der Waals surface area contributed by atoms with Gasteiger partial charge < -0.3 is 11.1 Å². The minimum Gasteiger partial charge on any atom is -0.329 e. The van der Waals surface area contributed by atoms with Crippen LogP contribution in [0.15, 0.2) is 0 Å². The maximum atomic E-state index is 5.63. The summed E-state index contributed by atoms with van der Waals surface area (Å²) >= 11 is 0. The topological polar surface area (TPSA) is 41.3 Å². The predicted molar refractivity (Wildman–Crippen MR) is 56.8 cm³/mol. The molecule has 3 nitrogen and oxygen atoms in total. The van der Waals surface area contributed by atoms with Crippen LogP contribution >= 0.6 is 0 Å². The molecule has 1 heterocycles. The fourth-order valence-electron chi connectivity index (χ4n) is 2.34. The van der Waals surface area contributed by atoms with E-state index in [0.29, 0.717) is 5.54 Å². The molecule has 1 rings (SSSR count). The van der Waals surface area contributed by atoms with E-state index in [-0.39, 0.29) is 0 Å². The zero-order chi connectivity index (χ0) is 9.73. The van der Waals surface area contributed by atoms with Gasteiger partial charge in [0.05, 0.1) is 0 Å². The third kappa shape index (κ3) is 2.22. The van der Waals surface area contributed by atoms with Gasteiger partial charge in [-0.05, 0) is 12.8 Å². The second kappa shape index (κ2) is 4.94. The summed E-state index contributed by atoms with van der Waals surface area (Å²) in [7, 11) is 0. The lowest BCUT2D eigenvalue weighted by Crippen LogP contribution is -2.61. The lowest BCUT2D eigenvalue weighted by molar-refractivity contribution is 0.0553. The van der Waals surface area contributed by atoms with Crippen LogP contribution in [0.4, 0.5) is 0 Å². The Morgan fingerprint density at radius 2 is 2.08 bits per heavy atom. The Labute approximate surface area is 81.7 Å². The Bertz CT molecular complexity index is 141. The van der Waals surface area contributed by atoms with Crippen molar-refractivity contribution < 1.29 is 0 Å². The van der Waals surface area contributed by atoms with Crippen molar-refractivity contribution in [2.24, 2.45) is 5.73 Å². The van der Waals surface area contributed by atoms with E-state index in [1.807, 2.05) is 0 Å². The Balaban J connectivity index is 2.63. The number of nitrogens with two attached hydrogens (primary N) is 1. The minimum absolute atomic E-state index is 0.373. The van der Waals surface area contributed by atoms with E-state index >= 15 is 0 Å². The zero-order valence-corrected chi connectivity index (χ0v) is 8.97. The molecule has 1 saturated heterocycles. The highest BCUT2D eigenvalue weighted by Gasteiger charge is 2.34. The second-order valence-electron chi connectivity index (χ2n) is 3.88. The minimum atomic E-state index is 0.373. The molecule has 0 bridgehead atoms. The van der Waals surface area contributed by atoms with Crippen molar-refractivity contribution in [1.29, 1.82) is 0 Å². The quantitative estimate of drug-likeness (QED) is 0.666. The Hall–Kier alpha value is -0.120. The molecule has 1 fully saturated rings. The second-order valence-corrected chi connectivity index (χ2v) is 3.88. The number of piperazine rings is 1. The summed E-state index contributed by atoms with van der Waals surface area (Å²) in [5.74, 6) is 0.